The Kier molecular flexibility index (Phi) is 7.92. The smallest absolute Gasteiger partial charge is 0.329 e. The number of hydrogen-bond donors (Lipinski definition) is 4. The van der Waals surface area contributed by atoms with E-state index in [0.29, 0.717) is 22.2 Å². The summed E-state index contributed by atoms with van der Waals surface area (Å²) < 4.78 is 5.42. The van der Waals surface area contributed by atoms with E-state index in [9.17, 15) is 19.2 Å². The van der Waals surface area contributed by atoms with E-state index in [1.807, 2.05) is 0 Å². The van der Waals surface area contributed by atoms with Crippen molar-refractivity contribution in [3.05, 3.63) is 83.3 Å². The summed E-state index contributed by atoms with van der Waals surface area (Å²) >= 11 is 5.82. The second-order valence-corrected chi connectivity index (χ2v) is 6.91. The van der Waals surface area contributed by atoms with Gasteiger partial charge in [-0.3, -0.25) is 19.2 Å². The number of para-hydroxylation sites is 1. The zero-order valence-corrected chi connectivity index (χ0v) is 17.8. The van der Waals surface area contributed by atoms with E-state index >= 15 is 0 Å². The van der Waals surface area contributed by atoms with E-state index in [4.69, 9.17) is 16.0 Å². The van der Waals surface area contributed by atoms with E-state index in [2.05, 4.69) is 26.5 Å². The third kappa shape index (κ3) is 7.33. The predicted octanol–water partition coefficient (Wildman–Crippen LogP) is 2.28. The van der Waals surface area contributed by atoms with Gasteiger partial charge in [-0.05, 0) is 42.5 Å². The molecule has 0 fully saturated rings. The number of nitrogens with one attached hydrogen (secondary N) is 4. The maximum atomic E-state index is 11.9. The lowest BCUT2D eigenvalue weighted by Crippen LogP contribution is -2.34. The van der Waals surface area contributed by atoms with Crippen molar-refractivity contribution in [3.63, 3.8) is 0 Å². The third-order valence-electron chi connectivity index (χ3n) is 3.99. The summed E-state index contributed by atoms with van der Waals surface area (Å²) in [5.41, 5.74) is 2.93. The Morgan fingerprint density at radius 2 is 1.52 bits per heavy atom. The van der Waals surface area contributed by atoms with E-state index in [0.717, 1.165) is 0 Å². The molecular formula is C22H18ClN5O5. The van der Waals surface area contributed by atoms with Gasteiger partial charge in [0.25, 0.3) is 0 Å². The average Bonchev–Trinajstić information content (AvgIpc) is 3.25. The van der Waals surface area contributed by atoms with Crippen LogP contribution in [0.3, 0.4) is 0 Å². The van der Waals surface area contributed by atoms with Crippen LogP contribution >= 0.6 is 11.6 Å². The summed E-state index contributed by atoms with van der Waals surface area (Å²) in [7, 11) is 0. The standard InChI is InChI=1S/C22H18ClN5O5/c23-14-5-4-8-16(11-14)27-21(31)22(32)28-25-13-18-10-9-17(33-18)12-24-19(29)20(30)26-15-6-2-1-3-7-15/h1-11,13H,12H2,(H,24,29)(H,26,30)(H,27,31)(H,28,32)/b25-13+. The lowest BCUT2D eigenvalue weighted by molar-refractivity contribution is -0.136. The molecule has 0 saturated carbocycles. The number of halogens is 1. The van der Waals surface area contributed by atoms with Gasteiger partial charge in [0.1, 0.15) is 11.5 Å². The SMILES string of the molecule is O=C(NCc1ccc(/C=N/NC(=O)C(=O)Nc2cccc(Cl)c2)o1)C(=O)Nc1ccccc1. The number of amides is 4. The molecule has 4 amide bonds. The quantitative estimate of drug-likeness (QED) is 0.250. The van der Waals surface area contributed by atoms with Gasteiger partial charge in [-0.2, -0.15) is 5.10 Å². The number of hydrogen-bond acceptors (Lipinski definition) is 6. The largest absolute Gasteiger partial charge is 0.458 e. The first-order valence-electron chi connectivity index (χ1n) is 9.53. The van der Waals surface area contributed by atoms with Crippen LogP contribution in [0.15, 0.2) is 76.2 Å². The van der Waals surface area contributed by atoms with Crippen molar-refractivity contribution in [1.29, 1.82) is 0 Å². The first kappa shape index (κ1) is 23.2. The number of anilines is 2. The molecule has 2 aromatic carbocycles. The summed E-state index contributed by atoms with van der Waals surface area (Å²) in [5.74, 6) is -2.96. The molecule has 0 saturated heterocycles. The van der Waals surface area contributed by atoms with Gasteiger partial charge in [0, 0.05) is 16.4 Å². The minimum atomic E-state index is -0.991. The number of nitrogens with zero attached hydrogens (tertiary/aromatic N) is 1. The molecule has 0 spiro atoms. The number of benzene rings is 2. The molecule has 1 aromatic heterocycles. The summed E-state index contributed by atoms with van der Waals surface area (Å²) in [6.07, 6.45) is 1.18. The minimum Gasteiger partial charge on any atom is -0.458 e. The van der Waals surface area contributed by atoms with Crippen LogP contribution in [-0.2, 0) is 25.7 Å². The number of furan rings is 1. The molecule has 0 aliphatic rings. The molecule has 3 rings (SSSR count). The van der Waals surface area contributed by atoms with Crippen LogP contribution in [0.1, 0.15) is 11.5 Å². The van der Waals surface area contributed by atoms with Gasteiger partial charge < -0.3 is 20.4 Å². The molecule has 10 nitrogen and oxygen atoms in total. The predicted molar refractivity (Wildman–Crippen MR) is 121 cm³/mol. The van der Waals surface area contributed by atoms with Crippen molar-refractivity contribution < 1.29 is 23.6 Å². The molecule has 0 bridgehead atoms. The van der Waals surface area contributed by atoms with Gasteiger partial charge in [-0.15, -0.1) is 0 Å². The van der Waals surface area contributed by atoms with E-state index in [1.165, 1.54) is 18.3 Å². The molecule has 4 N–H and O–H groups in total. The molecule has 1 heterocycles. The Morgan fingerprint density at radius 3 is 2.27 bits per heavy atom. The Hall–Kier alpha value is -4.44. The van der Waals surface area contributed by atoms with E-state index in [1.54, 1.807) is 54.6 Å². The highest BCUT2D eigenvalue weighted by Crippen LogP contribution is 2.14. The molecule has 0 unspecified atom stereocenters. The number of carbonyl (C=O) groups excluding carboxylic acids is 4. The summed E-state index contributed by atoms with van der Waals surface area (Å²) in [6.45, 7) is -0.0384. The van der Waals surface area contributed by atoms with E-state index < -0.39 is 23.6 Å². The number of rotatable bonds is 6. The lowest BCUT2D eigenvalue weighted by Gasteiger charge is -2.05. The van der Waals surface area contributed by atoms with E-state index in [-0.39, 0.29) is 12.3 Å². The second kappa shape index (κ2) is 11.3. The van der Waals surface area contributed by atoms with Crippen molar-refractivity contribution in [1.82, 2.24) is 10.7 Å². The maximum absolute atomic E-state index is 11.9. The zero-order chi connectivity index (χ0) is 23.6. The molecule has 0 aliphatic carbocycles. The molecule has 11 heteroatoms. The Bertz CT molecular complexity index is 1190. The highest BCUT2D eigenvalue weighted by molar-refractivity contribution is 6.40. The average molecular weight is 468 g/mol. The van der Waals surface area contributed by atoms with Crippen molar-refractivity contribution in [2.45, 2.75) is 6.54 Å². The van der Waals surface area contributed by atoms with Crippen LogP contribution in [0, 0.1) is 0 Å². The highest BCUT2D eigenvalue weighted by atomic mass is 35.5. The van der Waals surface area contributed by atoms with Gasteiger partial charge in [0.05, 0.1) is 12.8 Å². The summed E-state index contributed by atoms with van der Waals surface area (Å²) in [5, 5.41) is 11.3. The van der Waals surface area contributed by atoms with Crippen molar-refractivity contribution in [3.8, 4) is 0 Å². The second-order valence-electron chi connectivity index (χ2n) is 6.47. The van der Waals surface area contributed by atoms with Gasteiger partial charge in [0.2, 0.25) is 0 Å². The normalized spacial score (nSPS) is 10.5. The number of carbonyl (C=O) groups is 4. The van der Waals surface area contributed by atoms with Gasteiger partial charge >= 0.3 is 23.6 Å². The van der Waals surface area contributed by atoms with Crippen LogP contribution in [0.2, 0.25) is 5.02 Å². The molecule has 0 aliphatic heterocycles. The van der Waals surface area contributed by atoms with Crippen LogP contribution < -0.4 is 21.4 Å². The molecule has 33 heavy (non-hydrogen) atoms. The van der Waals surface area contributed by atoms with Crippen LogP contribution in [0.25, 0.3) is 0 Å². The van der Waals surface area contributed by atoms with Crippen LogP contribution in [0.4, 0.5) is 11.4 Å². The summed E-state index contributed by atoms with van der Waals surface area (Å²) in [4.78, 5) is 47.4. The Morgan fingerprint density at radius 1 is 0.818 bits per heavy atom. The van der Waals surface area contributed by atoms with Gasteiger partial charge in [-0.1, -0.05) is 35.9 Å². The fourth-order valence-corrected chi connectivity index (χ4v) is 2.67. The maximum Gasteiger partial charge on any atom is 0.329 e. The molecular weight excluding hydrogens is 450 g/mol. The van der Waals surface area contributed by atoms with Gasteiger partial charge in [0.15, 0.2) is 0 Å². The fraction of sp³-hybridized carbons (Fsp3) is 0.0455. The first-order chi connectivity index (χ1) is 15.9. The molecule has 3 aromatic rings. The monoisotopic (exact) mass is 467 g/mol. The number of hydrazone groups is 1. The highest BCUT2D eigenvalue weighted by Gasteiger charge is 2.15. The topological polar surface area (TPSA) is 142 Å². The first-order valence-corrected chi connectivity index (χ1v) is 9.91. The van der Waals surface area contributed by atoms with Gasteiger partial charge in [-0.25, -0.2) is 5.43 Å². The Balaban J connectivity index is 1.43. The van der Waals surface area contributed by atoms with Crippen LogP contribution in [0.5, 0.6) is 0 Å². The summed E-state index contributed by atoms with van der Waals surface area (Å²) in [6, 6.07) is 18.0. The molecule has 0 radical (unpaired) electrons. The zero-order valence-electron chi connectivity index (χ0n) is 17.0. The van der Waals surface area contributed by atoms with Crippen molar-refractivity contribution in [2.75, 3.05) is 10.6 Å². The van der Waals surface area contributed by atoms with Crippen LogP contribution in [-0.4, -0.2) is 29.8 Å². The molecule has 0 atom stereocenters. The minimum absolute atomic E-state index is 0.0384. The molecule has 168 valence electrons. The lowest BCUT2D eigenvalue weighted by atomic mass is 10.3. The van der Waals surface area contributed by atoms with Crippen molar-refractivity contribution >= 4 is 52.8 Å². The third-order valence-corrected chi connectivity index (χ3v) is 4.23. The van der Waals surface area contributed by atoms with Crippen molar-refractivity contribution in [2.24, 2.45) is 5.10 Å². The Labute approximate surface area is 193 Å². The fourth-order valence-electron chi connectivity index (χ4n) is 2.48.